The maximum absolute atomic E-state index is 9.91. The number of nitrogens with two attached hydrogens (primary N) is 1. The highest BCUT2D eigenvalue weighted by Gasteiger charge is 1.87. The summed E-state index contributed by atoms with van der Waals surface area (Å²) < 4.78 is 8.13. The van der Waals surface area contributed by atoms with E-state index in [4.69, 9.17) is 5.11 Å². The molecule has 102 valence electrons. The zero-order chi connectivity index (χ0) is 15.0. The number of carbonyl (C=O) groups is 3. The van der Waals surface area contributed by atoms with Crippen LogP contribution >= 0.6 is 0 Å². The van der Waals surface area contributed by atoms with Crippen molar-refractivity contribution in [2.75, 3.05) is 13.9 Å². The Morgan fingerprint density at radius 1 is 1.11 bits per heavy atom. The molecule has 0 aliphatic carbocycles. The van der Waals surface area contributed by atoms with Crippen LogP contribution in [0.3, 0.4) is 0 Å². The van der Waals surface area contributed by atoms with Gasteiger partial charge >= 0.3 is 11.9 Å². The SMILES string of the molecule is C=CC(=O)OC.C=CC(=O)OCO.C=CC(N)=O. The number of esters is 2. The molecule has 7 nitrogen and oxygen atoms in total. The first kappa shape index (κ1) is 20.9. The fourth-order valence-electron chi connectivity index (χ4n) is 0.206. The highest BCUT2D eigenvalue weighted by molar-refractivity contribution is 5.85. The molecule has 0 saturated heterocycles. The molecule has 0 aromatic carbocycles. The third kappa shape index (κ3) is 29.2. The van der Waals surface area contributed by atoms with Gasteiger partial charge in [0.15, 0.2) is 6.79 Å². The topological polar surface area (TPSA) is 116 Å². The molecule has 0 bridgehead atoms. The molecular formula is C11H17NO6. The summed E-state index contributed by atoms with van der Waals surface area (Å²) in [6.45, 7) is 8.76. The molecule has 0 atom stereocenters. The summed E-state index contributed by atoms with van der Waals surface area (Å²) in [6, 6.07) is 0. The van der Waals surface area contributed by atoms with Gasteiger partial charge in [0.25, 0.3) is 0 Å². The van der Waals surface area contributed by atoms with Crippen molar-refractivity contribution in [3.63, 3.8) is 0 Å². The van der Waals surface area contributed by atoms with Crippen LogP contribution in [-0.2, 0) is 23.9 Å². The van der Waals surface area contributed by atoms with E-state index in [2.05, 4.69) is 34.9 Å². The Balaban J connectivity index is -0.000000190. The van der Waals surface area contributed by atoms with Crippen LogP contribution in [0.4, 0.5) is 0 Å². The van der Waals surface area contributed by atoms with Gasteiger partial charge in [-0.25, -0.2) is 9.59 Å². The lowest BCUT2D eigenvalue weighted by Crippen LogP contribution is -2.04. The molecule has 3 N–H and O–H groups in total. The second-order valence-corrected chi connectivity index (χ2v) is 2.13. The van der Waals surface area contributed by atoms with Crippen LogP contribution < -0.4 is 5.73 Å². The molecule has 18 heavy (non-hydrogen) atoms. The summed E-state index contributed by atoms with van der Waals surface area (Å²) >= 11 is 0. The van der Waals surface area contributed by atoms with Gasteiger partial charge in [-0.15, -0.1) is 0 Å². The number of primary amides is 1. The Kier molecular flexibility index (Phi) is 19.8. The standard InChI is InChI=1S/C4H6O3.C4H6O2.C3H5NO/c1-2-4(6)7-3-5;1-3-4(5)6-2;1-2-3(4)5/h2,5H,1,3H2;3H,1H2,2H3;2H,1H2,(H2,4,5). The van der Waals surface area contributed by atoms with Crippen molar-refractivity contribution in [1.29, 1.82) is 0 Å². The largest absolute Gasteiger partial charge is 0.466 e. The van der Waals surface area contributed by atoms with Gasteiger partial charge in [0, 0.05) is 12.2 Å². The van der Waals surface area contributed by atoms with Crippen LogP contribution in [0.25, 0.3) is 0 Å². The molecule has 0 rings (SSSR count). The Morgan fingerprint density at radius 3 is 1.56 bits per heavy atom. The van der Waals surface area contributed by atoms with E-state index in [0.717, 1.165) is 18.2 Å². The predicted molar refractivity (Wildman–Crippen MR) is 65.0 cm³/mol. The molecule has 0 aromatic rings. The van der Waals surface area contributed by atoms with Gasteiger partial charge in [0.2, 0.25) is 5.91 Å². The van der Waals surface area contributed by atoms with E-state index >= 15 is 0 Å². The summed E-state index contributed by atoms with van der Waals surface area (Å²) in [5.41, 5.74) is 4.53. The Morgan fingerprint density at radius 2 is 1.50 bits per heavy atom. The van der Waals surface area contributed by atoms with E-state index in [-0.39, 0.29) is 0 Å². The fourth-order valence-corrected chi connectivity index (χ4v) is 0.206. The summed E-state index contributed by atoms with van der Waals surface area (Å²) in [6.07, 6.45) is 3.15. The van der Waals surface area contributed by atoms with Crippen molar-refractivity contribution in [2.45, 2.75) is 0 Å². The van der Waals surface area contributed by atoms with Crippen molar-refractivity contribution >= 4 is 17.8 Å². The molecular weight excluding hydrogens is 242 g/mol. The lowest BCUT2D eigenvalue weighted by Gasteiger charge is -1.89. The van der Waals surface area contributed by atoms with E-state index < -0.39 is 24.6 Å². The Bertz CT molecular complexity index is 298. The van der Waals surface area contributed by atoms with Crippen LogP contribution in [0, 0.1) is 0 Å². The summed E-state index contributed by atoms with van der Waals surface area (Å²) in [5.74, 6) is -1.48. The quantitative estimate of drug-likeness (QED) is 0.405. The Hall–Kier alpha value is -2.41. The Labute approximate surface area is 105 Å². The van der Waals surface area contributed by atoms with Gasteiger partial charge in [-0.3, -0.25) is 4.79 Å². The molecule has 0 aromatic heterocycles. The van der Waals surface area contributed by atoms with Crippen LogP contribution in [0.2, 0.25) is 0 Å². The predicted octanol–water partition coefficient (Wildman–Crippen LogP) is -0.331. The maximum atomic E-state index is 9.91. The van der Waals surface area contributed by atoms with E-state index in [1.165, 1.54) is 7.11 Å². The minimum atomic E-state index is -0.609. The molecule has 0 aliphatic rings. The van der Waals surface area contributed by atoms with Gasteiger partial charge in [0.05, 0.1) is 7.11 Å². The second-order valence-electron chi connectivity index (χ2n) is 2.13. The van der Waals surface area contributed by atoms with Gasteiger partial charge in [-0.2, -0.15) is 0 Å². The van der Waals surface area contributed by atoms with Crippen LogP contribution in [0.15, 0.2) is 38.0 Å². The molecule has 0 radical (unpaired) electrons. The fraction of sp³-hybridized carbons (Fsp3) is 0.182. The average Bonchev–Trinajstić information content (AvgIpc) is 2.39. The third-order valence-electron chi connectivity index (χ3n) is 0.943. The van der Waals surface area contributed by atoms with Crippen molar-refractivity contribution in [3.05, 3.63) is 38.0 Å². The molecule has 1 amide bonds. The van der Waals surface area contributed by atoms with Gasteiger partial charge in [0.1, 0.15) is 0 Å². The molecule has 7 heteroatoms. The third-order valence-corrected chi connectivity index (χ3v) is 0.943. The summed E-state index contributed by atoms with van der Waals surface area (Å²) in [7, 11) is 1.31. The first-order valence-electron chi connectivity index (χ1n) is 4.41. The zero-order valence-electron chi connectivity index (χ0n) is 10.1. The van der Waals surface area contributed by atoms with Gasteiger partial charge in [-0.05, 0) is 6.08 Å². The first-order valence-corrected chi connectivity index (χ1v) is 4.41. The van der Waals surface area contributed by atoms with Crippen molar-refractivity contribution in [2.24, 2.45) is 5.73 Å². The molecule has 0 saturated carbocycles. The molecule has 0 unspecified atom stereocenters. The van der Waals surface area contributed by atoms with Crippen LogP contribution in [0.1, 0.15) is 0 Å². The number of amides is 1. The number of aliphatic hydroxyl groups is 1. The van der Waals surface area contributed by atoms with E-state index in [1.807, 2.05) is 0 Å². The molecule has 0 spiro atoms. The molecule has 0 aliphatic heterocycles. The normalized spacial score (nSPS) is 7.00. The first-order chi connectivity index (χ1) is 8.39. The number of carbonyl (C=O) groups excluding carboxylic acids is 3. The molecule has 0 fully saturated rings. The monoisotopic (exact) mass is 259 g/mol. The van der Waals surface area contributed by atoms with Gasteiger partial charge in [-0.1, -0.05) is 19.7 Å². The summed E-state index contributed by atoms with van der Waals surface area (Å²) in [5, 5.41) is 7.88. The minimum Gasteiger partial charge on any atom is -0.466 e. The van der Waals surface area contributed by atoms with Crippen molar-refractivity contribution < 1.29 is 29.0 Å². The number of aliphatic hydroxyl groups excluding tert-OH is 1. The molecule has 0 heterocycles. The number of ether oxygens (including phenoxy) is 2. The lowest BCUT2D eigenvalue weighted by atomic mass is 10.6. The number of hydrogen-bond acceptors (Lipinski definition) is 6. The average molecular weight is 259 g/mol. The van der Waals surface area contributed by atoms with Crippen LogP contribution in [0.5, 0.6) is 0 Å². The van der Waals surface area contributed by atoms with Gasteiger partial charge < -0.3 is 20.3 Å². The second kappa shape index (κ2) is 17.0. The minimum absolute atomic E-state index is 0.394. The maximum Gasteiger partial charge on any atom is 0.332 e. The van der Waals surface area contributed by atoms with Crippen molar-refractivity contribution in [1.82, 2.24) is 0 Å². The number of methoxy groups -OCH3 is 1. The highest BCUT2D eigenvalue weighted by atomic mass is 16.6. The zero-order valence-corrected chi connectivity index (χ0v) is 10.1. The van der Waals surface area contributed by atoms with Crippen molar-refractivity contribution in [3.8, 4) is 0 Å². The van der Waals surface area contributed by atoms with E-state index in [9.17, 15) is 14.4 Å². The smallest absolute Gasteiger partial charge is 0.332 e. The number of hydrogen-bond donors (Lipinski definition) is 2. The van der Waals surface area contributed by atoms with E-state index in [1.54, 1.807) is 0 Å². The highest BCUT2D eigenvalue weighted by Crippen LogP contribution is 1.72. The lowest BCUT2D eigenvalue weighted by molar-refractivity contribution is -0.145. The number of rotatable bonds is 4. The van der Waals surface area contributed by atoms with E-state index in [0.29, 0.717) is 0 Å². The summed E-state index contributed by atoms with van der Waals surface area (Å²) in [4.78, 5) is 29.2. The van der Waals surface area contributed by atoms with Crippen LogP contribution in [-0.4, -0.2) is 36.9 Å².